The van der Waals surface area contributed by atoms with Crippen LogP contribution in [0.1, 0.15) is 24.7 Å². The molecule has 0 bridgehead atoms. The third-order valence-corrected chi connectivity index (χ3v) is 7.98. The molecule has 2 aromatic carbocycles. The number of benzene rings is 2. The number of nitrogens with one attached hydrogen (secondary N) is 1. The average molecular weight is 474 g/mol. The lowest BCUT2D eigenvalue weighted by atomic mass is 10.1. The molecular formula is C23H24FN3O3S2. The number of halogens is 1. The van der Waals surface area contributed by atoms with Gasteiger partial charge in [-0.25, -0.2) is 17.8 Å². The maximum atomic E-state index is 13.2. The summed E-state index contributed by atoms with van der Waals surface area (Å²) in [6.45, 7) is 4.30. The molecule has 0 aliphatic rings. The molecule has 0 fully saturated rings. The van der Waals surface area contributed by atoms with Gasteiger partial charge in [0, 0.05) is 25.0 Å². The zero-order valence-corrected chi connectivity index (χ0v) is 19.4. The molecule has 3 aromatic rings. The Bertz CT molecular complexity index is 1140. The van der Waals surface area contributed by atoms with Gasteiger partial charge in [0.05, 0.1) is 5.03 Å². The van der Waals surface area contributed by atoms with Crippen LogP contribution in [-0.4, -0.2) is 36.7 Å². The summed E-state index contributed by atoms with van der Waals surface area (Å²) in [6, 6.07) is 17.8. The van der Waals surface area contributed by atoms with Crippen molar-refractivity contribution in [2.24, 2.45) is 0 Å². The number of hydrogen-bond acceptors (Lipinski definition) is 5. The summed E-state index contributed by atoms with van der Waals surface area (Å²) in [6.07, 6.45) is 1.32. The van der Waals surface area contributed by atoms with Crippen LogP contribution in [0.15, 0.2) is 82.8 Å². The summed E-state index contributed by atoms with van der Waals surface area (Å²) in [5.41, 5.74) is 1.24. The van der Waals surface area contributed by atoms with Gasteiger partial charge in [-0.3, -0.25) is 4.79 Å². The van der Waals surface area contributed by atoms with E-state index in [9.17, 15) is 17.6 Å². The first-order chi connectivity index (χ1) is 15.3. The van der Waals surface area contributed by atoms with Gasteiger partial charge in [0.1, 0.15) is 16.0 Å². The standard InChI is InChI=1S/C23H24FN3O3S2/c1-3-27(4-2)32(29,30)20-14-15-21(25-16-20)31-22(17-8-6-5-7-9-17)23(28)26-19-12-10-18(24)11-13-19/h5-16,22H,3-4H2,1-2H3,(H,26,28). The second-order valence-corrected chi connectivity index (χ2v) is 9.89. The molecule has 1 atom stereocenters. The minimum Gasteiger partial charge on any atom is -0.325 e. The van der Waals surface area contributed by atoms with Gasteiger partial charge >= 0.3 is 0 Å². The highest BCUT2D eigenvalue weighted by Crippen LogP contribution is 2.35. The third kappa shape index (κ3) is 5.73. The summed E-state index contributed by atoms with van der Waals surface area (Å²) in [4.78, 5) is 17.4. The number of amides is 1. The number of aromatic nitrogens is 1. The Labute approximate surface area is 191 Å². The summed E-state index contributed by atoms with van der Waals surface area (Å²) in [7, 11) is -3.61. The van der Waals surface area contributed by atoms with E-state index < -0.39 is 15.3 Å². The number of anilines is 1. The highest BCUT2D eigenvalue weighted by atomic mass is 32.2. The molecule has 1 aromatic heterocycles. The summed E-state index contributed by atoms with van der Waals surface area (Å²) in [5, 5.41) is 2.66. The van der Waals surface area contributed by atoms with Crippen molar-refractivity contribution in [1.82, 2.24) is 9.29 Å². The number of thioether (sulfide) groups is 1. The SMILES string of the molecule is CCN(CC)S(=O)(=O)c1ccc(SC(C(=O)Nc2ccc(F)cc2)c2ccccc2)nc1. The molecule has 168 valence electrons. The molecule has 1 heterocycles. The van der Waals surface area contributed by atoms with Gasteiger partial charge in [-0.1, -0.05) is 55.9 Å². The van der Waals surface area contributed by atoms with E-state index in [-0.39, 0.29) is 16.6 Å². The lowest BCUT2D eigenvalue weighted by Crippen LogP contribution is -2.30. The lowest BCUT2D eigenvalue weighted by Gasteiger charge is -2.19. The van der Waals surface area contributed by atoms with Crippen LogP contribution in [0, 0.1) is 5.82 Å². The minimum absolute atomic E-state index is 0.109. The van der Waals surface area contributed by atoms with Crippen molar-refractivity contribution < 1.29 is 17.6 Å². The number of sulfonamides is 1. The fourth-order valence-corrected chi connectivity index (χ4v) is 5.43. The first kappa shape index (κ1) is 23.9. The summed E-state index contributed by atoms with van der Waals surface area (Å²) in [5.74, 6) is -0.685. The molecule has 9 heteroatoms. The third-order valence-electron chi connectivity index (χ3n) is 4.74. The molecule has 0 aliphatic carbocycles. The summed E-state index contributed by atoms with van der Waals surface area (Å²) >= 11 is 1.21. The van der Waals surface area contributed by atoms with E-state index in [0.717, 1.165) is 5.56 Å². The van der Waals surface area contributed by atoms with Gasteiger partial charge in [-0.2, -0.15) is 4.31 Å². The van der Waals surface area contributed by atoms with E-state index in [2.05, 4.69) is 10.3 Å². The van der Waals surface area contributed by atoms with E-state index in [4.69, 9.17) is 0 Å². The first-order valence-electron chi connectivity index (χ1n) is 10.1. The molecule has 1 amide bonds. The van der Waals surface area contributed by atoms with Crippen molar-refractivity contribution in [3.05, 3.63) is 84.3 Å². The molecule has 0 radical (unpaired) electrons. The van der Waals surface area contributed by atoms with Gasteiger partial charge in [0.15, 0.2) is 0 Å². The van der Waals surface area contributed by atoms with Gasteiger partial charge in [0.2, 0.25) is 15.9 Å². The maximum absolute atomic E-state index is 13.2. The van der Waals surface area contributed by atoms with Crippen molar-refractivity contribution in [3.8, 4) is 0 Å². The average Bonchev–Trinajstić information content (AvgIpc) is 2.80. The van der Waals surface area contributed by atoms with Crippen molar-refractivity contribution in [3.63, 3.8) is 0 Å². The number of rotatable bonds is 9. The van der Waals surface area contributed by atoms with Crippen LogP contribution in [0.25, 0.3) is 0 Å². The van der Waals surface area contributed by atoms with Crippen LogP contribution in [-0.2, 0) is 14.8 Å². The Hall–Kier alpha value is -2.75. The molecule has 0 saturated carbocycles. The minimum atomic E-state index is -3.61. The normalized spacial score (nSPS) is 12.5. The smallest absolute Gasteiger partial charge is 0.244 e. The van der Waals surface area contributed by atoms with Gasteiger partial charge < -0.3 is 5.32 Å². The molecule has 0 saturated heterocycles. The van der Waals surface area contributed by atoms with Crippen LogP contribution in [0.2, 0.25) is 0 Å². The first-order valence-corrected chi connectivity index (χ1v) is 12.4. The largest absolute Gasteiger partial charge is 0.325 e. The van der Waals surface area contributed by atoms with Gasteiger partial charge in [-0.15, -0.1) is 0 Å². The summed E-state index contributed by atoms with van der Waals surface area (Å²) < 4.78 is 39.9. The monoisotopic (exact) mass is 473 g/mol. The van der Waals surface area contributed by atoms with E-state index in [1.165, 1.54) is 52.6 Å². The van der Waals surface area contributed by atoms with Crippen LogP contribution < -0.4 is 5.32 Å². The molecule has 32 heavy (non-hydrogen) atoms. The fraction of sp³-hybridized carbons (Fsp3) is 0.217. The van der Waals surface area contributed by atoms with Crippen molar-refractivity contribution >= 4 is 33.4 Å². The highest BCUT2D eigenvalue weighted by Gasteiger charge is 2.25. The van der Waals surface area contributed by atoms with Crippen LogP contribution in [0.5, 0.6) is 0 Å². The number of hydrogen-bond donors (Lipinski definition) is 1. The van der Waals surface area contributed by atoms with Crippen molar-refractivity contribution in [2.75, 3.05) is 18.4 Å². The molecule has 3 rings (SSSR count). The van der Waals surface area contributed by atoms with Crippen LogP contribution in [0.4, 0.5) is 10.1 Å². The Balaban J connectivity index is 1.84. The van der Waals surface area contributed by atoms with Gasteiger partial charge in [0.25, 0.3) is 0 Å². The van der Waals surface area contributed by atoms with Crippen LogP contribution >= 0.6 is 11.8 Å². The van der Waals surface area contributed by atoms with Crippen molar-refractivity contribution in [1.29, 1.82) is 0 Å². The van der Waals surface area contributed by atoms with E-state index >= 15 is 0 Å². The predicted molar refractivity (Wildman–Crippen MR) is 124 cm³/mol. The lowest BCUT2D eigenvalue weighted by molar-refractivity contribution is -0.115. The Kier molecular flexibility index (Phi) is 8.00. The predicted octanol–water partition coefficient (Wildman–Crippen LogP) is 4.72. The molecule has 1 unspecified atom stereocenters. The second-order valence-electron chi connectivity index (χ2n) is 6.83. The second kappa shape index (κ2) is 10.7. The Morgan fingerprint density at radius 3 is 2.25 bits per heavy atom. The number of carbonyl (C=O) groups is 1. The van der Waals surface area contributed by atoms with Gasteiger partial charge in [-0.05, 0) is 42.0 Å². The molecule has 0 aliphatic heterocycles. The quantitative estimate of drug-likeness (QED) is 0.455. The molecule has 6 nitrogen and oxygen atoms in total. The van der Waals surface area contributed by atoms with E-state index in [0.29, 0.717) is 23.8 Å². The zero-order valence-electron chi connectivity index (χ0n) is 17.7. The fourth-order valence-electron chi connectivity index (χ4n) is 3.06. The molecular weight excluding hydrogens is 449 g/mol. The van der Waals surface area contributed by atoms with Crippen LogP contribution in [0.3, 0.4) is 0 Å². The topological polar surface area (TPSA) is 79.4 Å². The highest BCUT2D eigenvalue weighted by molar-refractivity contribution is 8.00. The van der Waals surface area contributed by atoms with E-state index in [1.54, 1.807) is 19.9 Å². The number of nitrogens with zero attached hydrogens (tertiary/aromatic N) is 2. The molecule has 1 N–H and O–H groups in total. The maximum Gasteiger partial charge on any atom is 0.244 e. The number of pyridine rings is 1. The molecule has 0 spiro atoms. The zero-order chi connectivity index (χ0) is 23.1. The van der Waals surface area contributed by atoms with Crippen molar-refractivity contribution in [2.45, 2.75) is 29.0 Å². The number of carbonyl (C=O) groups excluding carboxylic acids is 1. The Morgan fingerprint density at radius 1 is 1.03 bits per heavy atom. The Morgan fingerprint density at radius 2 is 1.69 bits per heavy atom. The van der Waals surface area contributed by atoms with E-state index in [1.807, 2.05) is 30.3 Å².